The van der Waals surface area contributed by atoms with Gasteiger partial charge in [-0.05, 0) is 34.1 Å². The molecule has 0 aliphatic carbocycles. The molecule has 0 fully saturated rings. The molecule has 0 amide bonds. The first-order valence-corrected chi connectivity index (χ1v) is 8.46. The molecule has 2 heteroatoms. The van der Waals surface area contributed by atoms with Gasteiger partial charge < -0.3 is 4.74 Å². The van der Waals surface area contributed by atoms with Crippen LogP contribution in [0, 0.1) is 6.92 Å². The van der Waals surface area contributed by atoms with Gasteiger partial charge >= 0.3 is 18.9 Å². The van der Waals surface area contributed by atoms with Gasteiger partial charge in [-0.1, -0.05) is 71.1 Å². The van der Waals surface area contributed by atoms with Gasteiger partial charge in [0.2, 0.25) is 0 Å². The van der Waals surface area contributed by atoms with E-state index in [1.54, 1.807) is 0 Å². The summed E-state index contributed by atoms with van der Waals surface area (Å²) in [4.78, 5) is 0. The molecule has 0 rings (SSSR count). The number of hydrogen-bond donors (Lipinski definition) is 0. The van der Waals surface area contributed by atoms with Crippen LogP contribution in [0.3, 0.4) is 0 Å². The van der Waals surface area contributed by atoms with Crippen molar-refractivity contribution in [2.75, 3.05) is 0 Å². The van der Waals surface area contributed by atoms with E-state index in [0.29, 0.717) is 0 Å². The van der Waals surface area contributed by atoms with Gasteiger partial charge in [0.1, 0.15) is 0 Å². The van der Waals surface area contributed by atoms with Crippen LogP contribution in [0.1, 0.15) is 98.3 Å². The summed E-state index contributed by atoms with van der Waals surface area (Å²) in [6, 6.07) is 0. The molecule has 0 aliphatic heterocycles. The molecule has 0 spiro atoms. The van der Waals surface area contributed by atoms with Crippen molar-refractivity contribution in [3.63, 3.8) is 0 Å². The molecule has 0 N–H and O–H groups in total. The molecule has 0 saturated carbocycles. The molecule has 0 aromatic heterocycles. The fourth-order valence-corrected chi connectivity index (χ4v) is 2.42. The van der Waals surface area contributed by atoms with Crippen LogP contribution in [0.2, 0.25) is 0 Å². The molecule has 20 heavy (non-hydrogen) atoms. The topological polar surface area (TPSA) is 9.23 Å². The van der Waals surface area contributed by atoms with Crippen molar-refractivity contribution in [3.8, 4) is 0 Å². The van der Waals surface area contributed by atoms with Crippen LogP contribution in [0.5, 0.6) is 0 Å². The Hall–Kier alpha value is 0.557. The first kappa shape index (κ1) is 22.8. The van der Waals surface area contributed by atoms with E-state index in [4.69, 9.17) is 4.74 Å². The Morgan fingerprint density at radius 2 is 1.20 bits per heavy atom. The summed E-state index contributed by atoms with van der Waals surface area (Å²) in [6.07, 6.45) is 15.2. The predicted molar refractivity (Wildman–Crippen MR) is 93.6 cm³/mol. The average molecular weight is 277 g/mol. The molecule has 0 aliphatic rings. The Labute approximate surface area is 140 Å². The third-order valence-corrected chi connectivity index (χ3v) is 3.40. The van der Waals surface area contributed by atoms with Crippen molar-refractivity contribution in [1.82, 2.24) is 0 Å². The molecule has 0 saturated heterocycles. The van der Waals surface area contributed by atoms with Crippen molar-refractivity contribution >= 4 is 18.9 Å². The van der Waals surface area contributed by atoms with Crippen molar-refractivity contribution < 1.29 is 4.74 Å². The van der Waals surface area contributed by atoms with Gasteiger partial charge in [0.25, 0.3) is 0 Å². The van der Waals surface area contributed by atoms with E-state index in [9.17, 15) is 0 Å². The van der Waals surface area contributed by atoms with Crippen molar-refractivity contribution in [1.29, 1.82) is 0 Å². The summed E-state index contributed by atoms with van der Waals surface area (Å²) >= 11 is 0. The SMILES string of the molecule is [CH2]C(CCCCCCCCCCCC)OC(C)(C)C.[LiH]. The standard InChI is InChI=1S/C18H37O.Li.H/c1-6-7-8-9-10-11-12-13-14-15-16-17(2)19-18(3,4)5;;/h17H,2,6-16H2,1,3-5H3;;. The summed E-state index contributed by atoms with van der Waals surface area (Å²) in [5, 5.41) is 0. The zero-order chi connectivity index (χ0) is 14.6. The van der Waals surface area contributed by atoms with Gasteiger partial charge in [-0.2, -0.15) is 0 Å². The normalized spacial score (nSPS) is 13.1. The first-order valence-electron chi connectivity index (χ1n) is 8.46. The number of rotatable bonds is 12. The molecule has 0 aromatic rings. The fraction of sp³-hybridized carbons (Fsp3) is 0.944. The van der Waals surface area contributed by atoms with E-state index in [1.165, 1.54) is 64.2 Å². The van der Waals surface area contributed by atoms with Gasteiger partial charge in [-0.15, -0.1) is 0 Å². The zero-order valence-corrected chi connectivity index (χ0v) is 14.0. The minimum absolute atomic E-state index is 0. The van der Waals surface area contributed by atoms with E-state index in [0.717, 1.165) is 6.42 Å². The van der Waals surface area contributed by atoms with Crippen molar-refractivity contribution in [2.45, 2.75) is 110 Å². The van der Waals surface area contributed by atoms with Crippen LogP contribution >= 0.6 is 0 Å². The van der Waals surface area contributed by atoms with Crippen LogP contribution in [-0.4, -0.2) is 30.6 Å². The Morgan fingerprint density at radius 1 is 0.800 bits per heavy atom. The Balaban J connectivity index is 0. The number of ether oxygens (including phenoxy) is 1. The second-order valence-electron chi connectivity index (χ2n) is 6.82. The van der Waals surface area contributed by atoms with Crippen LogP contribution in [0.4, 0.5) is 0 Å². The number of hydrogen-bond acceptors (Lipinski definition) is 1. The Bertz CT molecular complexity index is 186. The molecule has 0 bridgehead atoms. The van der Waals surface area contributed by atoms with Gasteiger partial charge in [0.05, 0.1) is 11.7 Å². The fourth-order valence-electron chi connectivity index (χ4n) is 2.42. The number of unbranched alkanes of at least 4 members (excludes halogenated alkanes) is 9. The molecule has 0 aromatic carbocycles. The Kier molecular flexibility index (Phi) is 16.5. The van der Waals surface area contributed by atoms with Crippen molar-refractivity contribution in [2.24, 2.45) is 0 Å². The third-order valence-electron chi connectivity index (χ3n) is 3.40. The van der Waals surface area contributed by atoms with Crippen LogP contribution in [0.25, 0.3) is 0 Å². The van der Waals surface area contributed by atoms with Crippen LogP contribution in [0.15, 0.2) is 0 Å². The first-order chi connectivity index (χ1) is 8.95. The summed E-state index contributed by atoms with van der Waals surface area (Å²) in [5.41, 5.74) is -0.0507. The summed E-state index contributed by atoms with van der Waals surface area (Å²) in [6.45, 7) is 12.7. The minimum atomic E-state index is -0.0507. The van der Waals surface area contributed by atoms with Crippen LogP contribution < -0.4 is 0 Å². The third kappa shape index (κ3) is 18.6. The van der Waals surface area contributed by atoms with Crippen molar-refractivity contribution in [3.05, 3.63) is 6.92 Å². The zero-order valence-electron chi connectivity index (χ0n) is 14.0. The average Bonchev–Trinajstić information content (AvgIpc) is 2.29. The molecule has 1 radical (unpaired) electrons. The summed E-state index contributed by atoms with van der Waals surface area (Å²) in [7, 11) is 0. The second-order valence-corrected chi connectivity index (χ2v) is 6.82. The van der Waals surface area contributed by atoms with E-state index in [-0.39, 0.29) is 30.6 Å². The maximum absolute atomic E-state index is 5.81. The molecule has 117 valence electrons. The molecule has 0 heterocycles. The molecule has 1 atom stereocenters. The molecular weight excluding hydrogens is 239 g/mol. The Morgan fingerprint density at radius 3 is 1.60 bits per heavy atom. The quantitative estimate of drug-likeness (QED) is 0.330. The molecular formula is C18H38LiO. The van der Waals surface area contributed by atoms with E-state index in [2.05, 4.69) is 34.6 Å². The summed E-state index contributed by atoms with van der Waals surface area (Å²) < 4.78 is 5.81. The van der Waals surface area contributed by atoms with Gasteiger partial charge in [-0.3, -0.25) is 0 Å². The van der Waals surface area contributed by atoms with Crippen LogP contribution in [-0.2, 0) is 4.74 Å². The monoisotopic (exact) mass is 277 g/mol. The molecule has 1 unspecified atom stereocenters. The van der Waals surface area contributed by atoms with Gasteiger partial charge in [0.15, 0.2) is 0 Å². The van der Waals surface area contributed by atoms with E-state index < -0.39 is 0 Å². The second kappa shape index (κ2) is 14.5. The predicted octanol–water partition coefficient (Wildman–Crippen LogP) is 5.67. The maximum atomic E-state index is 5.81. The van der Waals surface area contributed by atoms with E-state index in [1.807, 2.05) is 0 Å². The van der Waals surface area contributed by atoms with Gasteiger partial charge in [0, 0.05) is 0 Å². The molecule has 1 nitrogen and oxygen atoms in total. The van der Waals surface area contributed by atoms with Gasteiger partial charge in [-0.25, -0.2) is 0 Å². The summed E-state index contributed by atoms with van der Waals surface area (Å²) in [5.74, 6) is 0. The van der Waals surface area contributed by atoms with E-state index >= 15 is 0 Å².